The van der Waals surface area contributed by atoms with Crippen LogP contribution >= 0.6 is 0 Å². The number of piperazine rings is 1. The molecule has 6 heteroatoms. The molecule has 0 spiro atoms. The van der Waals surface area contributed by atoms with E-state index in [4.69, 9.17) is 0 Å². The van der Waals surface area contributed by atoms with E-state index in [1.807, 2.05) is 0 Å². The first-order valence-electron chi connectivity index (χ1n) is 6.27. The Morgan fingerprint density at radius 1 is 1.18 bits per heavy atom. The largest absolute Gasteiger partial charge is 0.347 e. The summed E-state index contributed by atoms with van der Waals surface area (Å²) in [4.78, 5) is 25.0. The van der Waals surface area contributed by atoms with E-state index < -0.39 is 11.8 Å². The number of hydrogen-bond donors (Lipinski definition) is 3. The predicted octanol–water partition coefficient (Wildman–Crippen LogP) is -1.71. The van der Waals surface area contributed by atoms with Gasteiger partial charge >= 0.3 is 11.8 Å². The van der Waals surface area contributed by atoms with Crippen LogP contribution in [0.5, 0.6) is 0 Å². The van der Waals surface area contributed by atoms with Crippen LogP contribution < -0.4 is 16.0 Å². The zero-order valence-corrected chi connectivity index (χ0v) is 10.00. The fraction of sp³-hybridized carbons (Fsp3) is 0.818. The molecule has 0 aromatic heterocycles. The first kappa shape index (κ1) is 12.3. The van der Waals surface area contributed by atoms with Crippen molar-refractivity contribution >= 4 is 11.8 Å². The SMILES string of the molecule is O=C(NCCN1CCNCC1)C(=O)NC1CC1. The molecule has 0 aromatic carbocycles. The minimum absolute atomic E-state index is 0.237. The van der Waals surface area contributed by atoms with Gasteiger partial charge in [-0.15, -0.1) is 0 Å². The second kappa shape index (κ2) is 5.97. The lowest BCUT2D eigenvalue weighted by molar-refractivity contribution is -0.139. The molecule has 0 atom stereocenters. The smallest absolute Gasteiger partial charge is 0.309 e. The van der Waals surface area contributed by atoms with Crippen molar-refractivity contribution in [3.8, 4) is 0 Å². The van der Waals surface area contributed by atoms with Crippen LogP contribution in [0, 0.1) is 0 Å². The van der Waals surface area contributed by atoms with Crippen molar-refractivity contribution in [1.82, 2.24) is 20.9 Å². The number of hydrogen-bond acceptors (Lipinski definition) is 4. The topological polar surface area (TPSA) is 73.5 Å². The molecule has 2 fully saturated rings. The van der Waals surface area contributed by atoms with Crippen molar-refractivity contribution in [2.75, 3.05) is 39.3 Å². The Kier molecular flexibility index (Phi) is 4.33. The molecule has 6 nitrogen and oxygen atoms in total. The maximum absolute atomic E-state index is 11.4. The van der Waals surface area contributed by atoms with Crippen molar-refractivity contribution < 1.29 is 9.59 Å². The van der Waals surface area contributed by atoms with Crippen LogP contribution in [-0.4, -0.2) is 62.0 Å². The summed E-state index contributed by atoms with van der Waals surface area (Å²) < 4.78 is 0. The third-order valence-electron chi connectivity index (χ3n) is 3.04. The van der Waals surface area contributed by atoms with Crippen molar-refractivity contribution in [1.29, 1.82) is 0 Å². The number of carbonyl (C=O) groups excluding carboxylic acids is 2. The van der Waals surface area contributed by atoms with E-state index in [0.717, 1.165) is 45.6 Å². The Morgan fingerprint density at radius 2 is 1.88 bits per heavy atom. The van der Waals surface area contributed by atoms with Crippen molar-refractivity contribution in [2.45, 2.75) is 18.9 Å². The molecule has 2 amide bonds. The van der Waals surface area contributed by atoms with E-state index in [-0.39, 0.29) is 6.04 Å². The summed E-state index contributed by atoms with van der Waals surface area (Å²) in [5.74, 6) is -1.00. The van der Waals surface area contributed by atoms with Gasteiger partial charge in [0.15, 0.2) is 0 Å². The van der Waals surface area contributed by atoms with Gasteiger partial charge in [-0.1, -0.05) is 0 Å². The lowest BCUT2D eigenvalue weighted by Crippen LogP contribution is -2.48. The summed E-state index contributed by atoms with van der Waals surface area (Å²) in [5.41, 5.74) is 0. The molecule has 0 radical (unpaired) electrons. The summed E-state index contributed by atoms with van der Waals surface area (Å²) in [7, 11) is 0. The molecular weight excluding hydrogens is 220 g/mol. The maximum Gasteiger partial charge on any atom is 0.309 e. The van der Waals surface area contributed by atoms with Gasteiger partial charge in [0.2, 0.25) is 0 Å². The van der Waals surface area contributed by atoms with E-state index in [0.29, 0.717) is 6.54 Å². The molecule has 1 heterocycles. The van der Waals surface area contributed by atoms with Crippen LogP contribution in [0.1, 0.15) is 12.8 Å². The van der Waals surface area contributed by atoms with Gasteiger partial charge in [-0.05, 0) is 12.8 Å². The third kappa shape index (κ3) is 4.32. The van der Waals surface area contributed by atoms with Crippen LogP contribution in [0.15, 0.2) is 0 Å². The van der Waals surface area contributed by atoms with Gasteiger partial charge < -0.3 is 16.0 Å². The minimum Gasteiger partial charge on any atom is -0.347 e. The van der Waals surface area contributed by atoms with Gasteiger partial charge in [0.25, 0.3) is 0 Å². The van der Waals surface area contributed by atoms with Gasteiger partial charge in [-0.25, -0.2) is 0 Å². The molecule has 1 saturated carbocycles. The number of carbonyl (C=O) groups is 2. The van der Waals surface area contributed by atoms with Crippen molar-refractivity contribution in [2.24, 2.45) is 0 Å². The molecule has 2 aliphatic rings. The van der Waals surface area contributed by atoms with E-state index in [9.17, 15) is 9.59 Å². The Balaban J connectivity index is 1.56. The van der Waals surface area contributed by atoms with Crippen molar-refractivity contribution in [3.63, 3.8) is 0 Å². The first-order chi connectivity index (χ1) is 8.25. The number of rotatable bonds is 4. The minimum atomic E-state index is -0.507. The molecule has 1 saturated heterocycles. The molecule has 0 unspecified atom stereocenters. The first-order valence-corrected chi connectivity index (χ1v) is 6.27. The highest BCUT2D eigenvalue weighted by Crippen LogP contribution is 2.18. The molecule has 0 bridgehead atoms. The average molecular weight is 240 g/mol. The Bertz CT molecular complexity index is 285. The summed E-state index contributed by atoms with van der Waals surface area (Å²) in [5, 5.41) is 8.58. The summed E-state index contributed by atoms with van der Waals surface area (Å²) >= 11 is 0. The number of nitrogens with one attached hydrogen (secondary N) is 3. The molecule has 17 heavy (non-hydrogen) atoms. The van der Waals surface area contributed by atoms with Crippen LogP contribution in [0.4, 0.5) is 0 Å². The van der Waals surface area contributed by atoms with Gasteiger partial charge in [0, 0.05) is 45.3 Å². The fourth-order valence-corrected chi connectivity index (χ4v) is 1.82. The van der Waals surface area contributed by atoms with E-state index in [1.165, 1.54) is 0 Å². The molecule has 0 aromatic rings. The zero-order valence-electron chi connectivity index (χ0n) is 10.00. The van der Waals surface area contributed by atoms with Crippen LogP contribution in [0.2, 0.25) is 0 Å². The van der Waals surface area contributed by atoms with E-state index in [2.05, 4.69) is 20.9 Å². The van der Waals surface area contributed by atoms with Crippen LogP contribution in [0.25, 0.3) is 0 Å². The number of nitrogens with zero attached hydrogens (tertiary/aromatic N) is 1. The second-order valence-electron chi connectivity index (χ2n) is 4.60. The molecule has 1 aliphatic carbocycles. The highest BCUT2D eigenvalue weighted by Gasteiger charge is 2.26. The van der Waals surface area contributed by atoms with Gasteiger partial charge in [-0.2, -0.15) is 0 Å². The van der Waals surface area contributed by atoms with Crippen LogP contribution in [-0.2, 0) is 9.59 Å². The summed E-state index contributed by atoms with van der Waals surface area (Å²) in [6.45, 7) is 5.35. The molecule has 2 rings (SSSR count). The van der Waals surface area contributed by atoms with Crippen LogP contribution in [0.3, 0.4) is 0 Å². The van der Waals surface area contributed by atoms with Gasteiger partial charge in [-0.3, -0.25) is 14.5 Å². The molecule has 3 N–H and O–H groups in total. The van der Waals surface area contributed by atoms with Crippen molar-refractivity contribution in [3.05, 3.63) is 0 Å². The lowest BCUT2D eigenvalue weighted by Gasteiger charge is -2.26. The Hall–Kier alpha value is -1.14. The fourth-order valence-electron chi connectivity index (χ4n) is 1.82. The summed E-state index contributed by atoms with van der Waals surface area (Å²) in [6.07, 6.45) is 2.00. The highest BCUT2D eigenvalue weighted by molar-refractivity contribution is 6.35. The second-order valence-corrected chi connectivity index (χ2v) is 4.60. The normalized spacial score (nSPS) is 20.9. The zero-order chi connectivity index (χ0) is 12.1. The van der Waals surface area contributed by atoms with E-state index >= 15 is 0 Å². The van der Waals surface area contributed by atoms with Gasteiger partial charge in [0.05, 0.1) is 0 Å². The molecule has 96 valence electrons. The third-order valence-corrected chi connectivity index (χ3v) is 3.04. The Morgan fingerprint density at radius 3 is 2.53 bits per heavy atom. The predicted molar refractivity (Wildman–Crippen MR) is 63.5 cm³/mol. The summed E-state index contributed by atoms with van der Waals surface area (Å²) in [6, 6.07) is 0.237. The molecular formula is C11H20N4O2. The standard InChI is InChI=1S/C11H20N4O2/c16-10(11(17)14-9-1-2-9)13-5-8-15-6-3-12-4-7-15/h9,12H,1-8H2,(H,13,16)(H,14,17). The lowest BCUT2D eigenvalue weighted by atomic mass is 10.3. The van der Waals surface area contributed by atoms with Gasteiger partial charge in [0.1, 0.15) is 0 Å². The highest BCUT2D eigenvalue weighted by atomic mass is 16.2. The van der Waals surface area contributed by atoms with E-state index in [1.54, 1.807) is 0 Å². The Labute approximate surface area is 101 Å². The monoisotopic (exact) mass is 240 g/mol. The maximum atomic E-state index is 11.4. The number of amides is 2. The average Bonchev–Trinajstić information content (AvgIpc) is 3.14. The quantitative estimate of drug-likeness (QED) is 0.511. The molecule has 1 aliphatic heterocycles.